The third-order valence-electron chi connectivity index (χ3n) is 3.29. The molecule has 0 bridgehead atoms. The Morgan fingerprint density at radius 3 is 2.24 bits per heavy atom. The second-order valence-corrected chi connectivity index (χ2v) is 8.63. The van der Waals surface area contributed by atoms with E-state index < -0.39 is 16.0 Å². The summed E-state index contributed by atoms with van der Waals surface area (Å²) < 4.78 is 30.6. The largest absolute Gasteiger partial charge is 0.457 e. The van der Waals surface area contributed by atoms with Crippen LogP contribution in [0.2, 0.25) is 15.1 Å². The molecule has 0 aliphatic heterocycles. The first-order valence-electron chi connectivity index (χ1n) is 6.96. The number of halogens is 3. The minimum Gasteiger partial charge on any atom is -0.457 e. The molecule has 0 aliphatic rings. The number of carbonyl (C=O) groups excluding carboxylic acids is 1. The van der Waals surface area contributed by atoms with Crippen LogP contribution in [0.5, 0.6) is 0 Å². The molecule has 0 heterocycles. The number of carbonyl (C=O) groups is 1. The van der Waals surface area contributed by atoms with Gasteiger partial charge in [-0.2, -0.15) is 0 Å². The second-order valence-electron chi connectivity index (χ2n) is 5.25. The van der Waals surface area contributed by atoms with E-state index in [1.807, 2.05) is 0 Å². The Kier molecular flexibility index (Phi) is 6.35. The molecular weight excluding hydrogens is 409 g/mol. The zero-order valence-corrected chi connectivity index (χ0v) is 16.4. The van der Waals surface area contributed by atoms with Crippen LogP contribution in [-0.4, -0.2) is 32.8 Å². The minimum absolute atomic E-state index is 0.0374. The third kappa shape index (κ3) is 4.65. The lowest BCUT2D eigenvalue weighted by molar-refractivity contribution is 0.0472. The van der Waals surface area contributed by atoms with E-state index in [9.17, 15) is 13.2 Å². The van der Waals surface area contributed by atoms with Crippen LogP contribution in [0, 0.1) is 0 Å². The zero-order valence-electron chi connectivity index (χ0n) is 13.3. The molecule has 0 spiro atoms. The summed E-state index contributed by atoms with van der Waals surface area (Å²) in [5.41, 5.74) is 0.598. The fourth-order valence-electron chi connectivity index (χ4n) is 1.89. The summed E-state index contributed by atoms with van der Waals surface area (Å²) >= 11 is 17.7. The Labute approximate surface area is 161 Å². The summed E-state index contributed by atoms with van der Waals surface area (Å²) in [6.07, 6.45) is 0. The van der Waals surface area contributed by atoms with Gasteiger partial charge < -0.3 is 4.74 Å². The standard InChI is InChI=1S/C16H14Cl3NO4S/c1-20(2)25(22,23)11-4-6-13(17)12(8-11)16(21)24-9-10-3-5-14(18)15(19)7-10/h3-8H,9H2,1-2H3. The molecule has 2 rings (SSSR count). The highest BCUT2D eigenvalue weighted by Gasteiger charge is 2.21. The maximum absolute atomic E-state index is 12.3. The highest BCUT2D eigenvalue weighted by Crippen LogP contribution is 2.25. The van der Waals surface area contributed by atoms with Gasteiger partial charge in [0.25, 0.3) is 0 Å². The third-order valence-corrected chi connectivity index (χ3v) is 6.17. The van der Waals surface area contributed by atoms with Crippen molar-refractivity contribution in [2.24, 2.45) is 0 Å². The van der Waals surface area contributed by atoms with Crippen LogP contribution < -0.4 is 0 Å². The fourth-order valence-corrected chi connectivity index (χ4v) is 3.33. The second kappa shape index (κ2) is 7.93. The highest BCUT2D eigenvalue weighted by molar-refractivity contribution is 7.89. The van der Waals surface area contributed by atoms with Gasteiger partial charge in [0.05, 0.1) is 25.5 Å². The molecule has 9 heteroatoms. The van der Waals surface area contributed by atoms with E-state index in [0.717, 1.165) is 4.31 Å². The molecule has 0 aliphatic carbocycles. The van der Waals surface area contributed by atoms with Crippen molar-refractivity contribution in [3.8, 4) is 0 Å². The molecule has 2 aromatic carbocycles. The van der Waals surface area contributed by atoms with Gasteiger partial charge in [-0.25, -0.2) is 17.5 Å². The van der Waals surface area contributed by atoms with E-state index in [4.69, 9.17) is 39.5 Å². The van der Waals surface area contributed by atoms with Crippen LogP contribution in [-0.2, 0) is 21.4 Å². The molecule has 0 radical (unpaired) electrons. The number of sulfonamides is 1. The Morgan fingerprint density at radius 2 is 1.64 bits per heavy atom. The topological polar surface area (TPSA) is 63.7 Å². The first-order valence-corrected chi connectivity index (χ1v) is 9.53. The molecule has 134 valence electrons. The van der Waals surface area contributed by atoms with Gasteiger partial charge in [0.2, 0.25) is 10.0 Å². The van der Waals surface area contributed by atoms with Gasteiger partial charge in [-0.15, -0.1) is 0 Å². The van der Waals surface area contributed by atoms with Crippen molar-refractivity contribution in [1.29, 1.82) is 0 Å². The van der Waals surface area contributed by atoms with Crippen molar-refractivity contribution in [3.05, 3.63) is 62.6 Å². The van der Waals surface area contributed by atoms with Crippen molar-refractivity contribution in [2.45, 2.75) is 11.5 Å². The smallest absolute Gasteiger partial charge is 0.340 e. The predicted molar refractivity (Wildman–Crippen MR) is 97.9 cm³/mol. The maximum atomic E-state index is 12.3. The molecule has 0 amide bonds. The number of rotatable bonds is 5. The molecule has 2 aromatic rings. The van der Waals surface area contributed by atoms with E-state index >= 15 is 0 Å². The van der Waals surface area contributed by atoms with Gasteiger partial charge in [-0.1, -0.05) is 40.9 Å². The molecule has 25 heavy (non-hydrogen) atoms. The van der Waals surface area contributed by atoms with Crippen molar-refractivity contribution in [2.75, 3.05) is 14.1 Å². The number of benzene rings is 2. The van der Waals surface area contributed by atoms with Crippen molar-refractivity contribution in [3.63, 3.8) is 0 Å². The van der Waals surface area contributed by atoms with E-state index in [-0.39, 0.29) is 22.1 Å². The normalized spacial score (nSPS) is 11.6. The van der Waals surface area contributed by atoms with Crippen molar-refractivity contribution in [1.82, 2.24) is 4.31 Å². The van der Waals surface area contributed by atoms with Gasteiger partial charge in [0.1, 0.15) is 6.61 Å². The van der Waals surface area contributed by atoms with Crippen LogP contribution in [0.4, 0.5) is 0 Å². The molecule has 5 nitrogen and oxygen atoms in total. The monoisotopic (exact) mass is 421 g/mol. The Hall–Kier alpha value is -1.31. The first kappa shape index (κ1) is 20.0. The SMILES string of the molecule is CN(C)S(=O)(=O)c1ccc(Cl)c(C(=O)OCc2ccc(Cl)c(Cl)c2)c1. The number of hydrogen-bond donors (Lipinski definition) is 0. The van der Waals surface area contributed by atoms with Gasteiger partial charge in [-0.05, 0) is 35.9 Å². The number of hydrogen-bond acceptors (Lipinski definition) is 4. The minimum atomic E-state index is -3.69. The lowest BCUT2D eigenvalue weighted by Crippen LogP contribution is -2.22. The Bertz CT molecular complexity index is 914. The van der Waals surface area contributed by atoms with E-state index in [1.165, 1.54) is 32.3 Å². The van der Waals surface area contributed by atoms with Crippen LogP contribution in [0.15, 0.2) is 41.3 Å². The molecule has 0 atom stereocenters. The lowest BCUT2D eigenvalue weighted by atomic mass is 10.2. The maximum Gasteiger partial charge on any atom is 0.340 e. The van der Waals surface area contributed by atoms with Crippen LogP contribution >= 0.6 is 34.8 Å². The lowest BCUT2D eigenvalue weighted by Gasteiger charge is -2.13. The average molecular weight is 423 g/mol. The number of ether oxygens (including phenoxy) is 1. The summed E-state index contributed by atoms with van der Waals surface area (Å²) in [5.74, 6) is -0.744. The summed E-state index contributed by atoms with van der Waals surface area (Å²) in [6.45, 7) is -0.0588. The fraction of sp³-hybridized carbons (Fsp3) is 0.188. The number of nitrogens with zero attached hydrogens (tertiary/aromatic N) is 1. The molecule has 0 N–H and O–H groups in total. The van der Waals surface area contributed by atoms with Crippen LogP contribution in [0.3, 0.4) is 0 Å². The molecule has 0 saturated carbocycles. The summed E-state index contributed by atoms with van der Waals surface area (Å²) in [7, 11) is -0.902. The molecule has 0 fully saturated rings. The molecular formula is C16H14Cl3NO4S. The van der Waals surface area contributed by atoms with Gasteiger partial charge in [0.15, 0.2) is 0 Å². The average Bonchev–Trinajstić information content (AvgIpc) is 2.55. The zero-order chi connectivity index (χ0) is 18.8. The van der Waals surface area contributed by atoms with Gasteiger partial charge >= 0.3 is 5.97 Å². The molecule has 0 aromatic heterocycles. The van der Waals surface area contributed by atoms with E-state index in [2.05, 4.69) is 0 Å². The summed E-state index contributed by atoms with van der Waals surface area (Å²) in [4.78, 5) is 12.2. The quantitative estimate of drug-likeness (QED) is 0.676. The Morgan fingerprint density at radius 1 is 1.00 bits per heavy atom. The van der Waals surface area contributed by atoms with Crippen molar-refractivity contribution < 1.29 is 17.9 Å². The van der Waals surface area contributed by atoms with E-state index in [1.54, 1.807) is 18.2 Å². The molecule has 0 unspecified atom stereocenters. The van der Waals surface area contributed by atoms with E-state index in [0.29, 0.717) is 15.6 Å². The first-order chi connectivity index (χ1) is 11.6. The predicted octanol–water partition coefficient (Wildman–Crippen LogP) is 4.25. The van der Waals surface area contributed by atoms with Crippen LogP contribution in [0.1, 0.15) is 15.9 Å². The van der Waals surface area contributed by atoms with Crippen molar-refractivity contribution >= 4 is 50.8 Å². The van der Waals surface area contributed by atoms with Crippen LogP contribution in [0.25, 0.3) is 0 Å². The summed E-state index contributed by atoms with van der Waals surface area (Å²) in [5, 5.41) is 0.825. The Balaban J connectivity index is 2.22. The van der Waals surface area contributed by atoms with Gasteiger partial charge in [-0.3, -0.25) is 0 Å². The van der Waals surface area contributed by atoms with Gasteiger partial charge in [0, 0.05) is 14.1 Å². The summed E-state index contributed by atoms with van der Waals surface area (Å²) in [6, 6.07) is 8.68. The molecule has 0 saturated heterocycles. The highest BCUT2D eigenvalue weighted by atomic mass is 35.5. The number of esters is 1.